The molecule has 5 heteroatoms. The Kier molecular flexibility index (Phi) is 4.96. The zero-order chi connectivity index (χ0) is 13.8. The second-order valence-electron chi connectivity index (χ2n) is 4.30. The van der Waals surface area contributed by atoms with Gasteiger partial charge in [-0.15, -0.1) is 0 Å². The van der Waals surface area contributed by atoms with Gasteiger partial charge in [0.2, 0.25) is 0 Å². The van der Waals surface area contributed by atoms with Gasteiger partial charge in [0.15, 0.2) is 0 Å². The van der Waals surface area contributed by atoms with Gasteiger partial charge in [-0.3, -0.25) is 0 Å². The second-order valence-corrected chi connectivity index (χ2v) is 6.16. The smallest absolute Gasteiger partial charge is 0.137 e. The highest BCUT2D eigenvalue weighted by Crippen LogP contribution is 2.35. The lowest BCUT2D eigenvalue weighted by molar-refractivity contribution is 0.592. The SMILES string of the molecule is CC(N)Cc1cccc(F)c1Sc1ncccc1Br. The van der Waals surface area contributed by atoms with Gasteiger partial charge >= 0.3 is 0 Å². The van der Waals surface area contributed by atoms with Crippen molar-refractivity contribution in [3.63, 3.8) is 0 Å². The topological polar surface area (TPSA) is 38.9 Å². The molecule has 2 nitrogen and oxygen atoms in total. The van der Waals surface area contributed by atoms with Gasteiger partial charge in [0.25, 0.3) is 0 Å². The van der Waals surface area contributed by atoms with Gasteiger partial charge in [0.05, 0.1) is 9.37 Å². The maximum absolute atomic E-state index is 14.0. The highest BCUT2D eigenvalue weighted by atomic mass is 79.9. The molecule has 0 radical (unpaired) electrons. The summed E-state index contributed by atoms with van der Waals surface area (Å²) in [4.78, 5) is 4.85. The molecule has 0 saturated carbocycles. The summed E-state index contributed by atoms with van der Waals surface area (Å²) in [6, 6.07) is 8.80. The summed E-state index contributed by atoms with van der Waals surface area (Å²) in [5.74, 6) is -0.235. The Morgan fingerprint density at radius 1 is 1.37 bits per heavy atom. The maximum Gasteiger partial charge on any atom is 0.137 e. The molecular weight excluding hydrogens is 327 g/mol. The Hall–Kier alpha value is -0.910. The first-order valence-corrected chi connectivity index (χ1v) is 7.50. The van der Waals surface area contributed by atoms with Crippen molar-refractivity contribution in [1.82, 2.24) is 4.98 Å². The summed E-state index contributed by atoms with van der Waals surface area (Å²) in [5.41, 5.74) is 6.72. The molecule has 2 rings (SSSR count). The van der Waals surface area contributed by atoms with Crippen LogP contribution < -0.4 is 5.73 Å². The second kappa shape index (κ2) is 6.50. The molecule has 0 amide bonds. The van der Waals surface area contributed by atoms with Gasteiger partial charge in [-0.25, -0.2) is 9.37 Å². The molecular formula is C14H14BrFN2S. The van der Waals surface area contributed by atoms with Gasteiger partial charge in [-0.1, -0.05) is 23.9 Å². The van der Waals surface area contributed by atoms with Crippen LogP contribution in [0.2, 0.25) is 0 Å². The molecule has 1 unspecified atom stereocenters. The van der Waals surface area contributed by atoms with Crippen LogP contribution in [0.1, 0.15) is 12.5 Å². The molecule has 100 valence electrons. The third-order valence-electron chi connectivity index (χ3n) is 2.51. The Labute approximate surface area is 124 Å². The third-order valence-corrected chi connectivity index (χ3v) is 4.60. The third kappa shape index (κ3) is 3.78. The van der Waals surface area contributed by atoms with Crippen LogP contribution in [0.15, 0.2) is 50.9 Å². The standard InChI is InChI=1S/C14H14BrFN2S/c1-9(17)8-10-4-2-6-12(16)13(10)19-14-11(15)5-3-7-18-14/h2-7,9H,8,17H2,1H3. The molecule has 0 aliphatic rings. The van der Waals surface area contributed by atoms with E-state index in [2.05, 4.69) is 20.9 Å². The van der Waals surface area contributed by atoms with Gasteiger partial charge in [0.1, 0.15) is 10.8 Å². The van der Waals surface area contributed by atoms with E-state index in [1.807, 2.05) is 25.1 Å². The van der Waals surface area contributed by atoms with Crippen molar-refractivity contribution in [2.45, 2.75) is 29.3 Å². The summed E-state index contributed by atoms with van der Waals surface area (Å²) >= 11 is 4.74. The van der Waals surface area contributed by atoms with Crippen LogP contribution in [0, 0.1) is 5.82 Å². The van der Waals surface area contributed by atoms with Crippen molar-refractivity contribution in [1.29, 1.82) is 0 Å². The average Bonchev–Trinajstić information content (AvgIpc) is 2.35. The molecule has 19 heavy (non-hydrogen) atoms. The lowest BCUT2D eigenvalue weighted by Crippen LogP contribution is -2.18. The number of halogens is 2. The zero-order valence-corrected chi connectivity index (χ0v) is 12.8. The molecule has 1 atom stereocenters. The summed E-state index contributed by atoms with van der Waals surface area (Å²) in [6.07, 6.45) is 2.34. The highest BCUT2D eigenvalue weighted by Gasteiger charge is 2.13. The van der Waals surface area contributed by atoms with Crippen LogP contribution in [0.25, 0.3) is 0 Å². The van der Waals surface area contributed by atoms with E-state index in [0.717, 1.165) is 15.1 Å². The first-order chi connectivity index (χ1) is 9.08. The molecule has 1 aromatic heterocycles. The molecule has 0 aliphatic heterocycles. The summed E-state index contributed by atoms with van der Waals surface area (Å²) in [6.45, 7) is 1.91. The van der Waals surface area contributed by atoms with Crippen LogP contribution in [0.5, 0.6) is 0 Å². The van der Waals surface area contributed by atoms with E-state index < -0.39 is 0 Å². The maximum atomic E-state index is 14.0. The summed E-state index contributed by atoms with van der Waals surface area (Å²) < 4.78 is 14.9. The predicted molar refractivity (Wildman–Crippen MR) is 79.8 cm³/mol. The molecule has 0 fully saturated rings. The number of aromatic nitrogens is 1. The Morgan fingerprint density at radius 3 is 2.84 bits per heavy atom. The largest absolute Gasteiger partial charge is 0.328 e. The summed E-state index contributed by atoms with van der Waals surface area (Å²) in [5, 5.41) is 0.749. The minimum Gasteiger partial charge on any atom is -0.328 e. The monoisotopic (exact) mass is 340 g/mol. The molecule has 2 aromatic rings. The Morgan fingerprint density at radius 2 is 2.16 bits per heavy atom. The first-order valence-electron chi connectivity index (χ1n) is 5.89. The van der Waals surface area contributed by atoms with E-state index in [1.54, 1.807) is 12.3 Å². The molecule has 1 aromatic carbocycles. The number of nitrogens with zero attached hydrogens (tertiary/aromatic N) is 1. The van der Waals surface area contributed by atoms with Crippen molar-refractivity contribution in [2.24, 2.45) is 5.73 Å². The quantitative estimate of drug-likeness (QED) is 0.913. The van der Waals surface area contributed by atoms with E-state index in [1.165, 1.54) is 17.8 Å². The fourth-order valence-corrected chi connectivity index (χ4v) is 3.14. The van der Waals surface area contributed by atoms with Crippen LogP contribution in [-0.4, -0.2) is 11.0 Å². The van der Waals surface area contributed by atoms with Crippen molar-refractivity contribution in [3.05, 3.63) is 52.4 Å². The zero-order valence-electron chi connectivity index (χ0n) is 10.4. The van der Waals surface area contributed by atoms with Crippen LogP contribution in [0.4, 0.5) is 4.39 Å². The number of hydrogen-bond donors (Lipinski definition) is 1. The number of benzene rings is 1. The summed E-state index contributed by atoms with van der Waals surface area (Å²) in [7, 11) is 0. The van der Waals surface area contributed by atoms with Crippen molar-refractivity contribution < 1.29 is 4.39 Å². The normalized spacial score (nSPS) is 12.4. The van der Waals surface area contributed by atoms with Gasteiger partial charge < -0.3 is 5.73 Å². The van der Waals surface area contributed by atoms with Gasteiger partial charge in [-0.05, 0) is 53.0 Å². The first kappa shape index (κ1) is 14.5. The van der Waals surface area contributed by atoms with Crippen molar-refractivity contribution in [3.8, 4) is 0 Å². The fraction of sp³-hybridized carbons (Fsp3) is 0.214. The van der Waals surface area contributed by atoms with Crippen LogP contribution in [0.3, 0.4) is 0 Å². The number of pyridine rings is 1. The molecule has 2 N–H and O–H groups in total. The van der Waals surface area contributed by atoms with Crippen molar-refractivity contribution >= 4 is 27.7 Å². The number of nitrogens with two attached hydrogens (primary N) is 1. The average molecular weight is 341 g/mol. The molecule has 0 bridgehead atoms. The van der Waals surface area contributed by atoms with E-state index >= 15 is 0 Å². The molecule has 0 spiro atoms. The van der Waals surface area contributed by atoms with E-state index in [0.29, 0.717) is 11.3 Å². The van der Waals surface area contributed by atoms with Crippen LogP contribution in [-0.2, 0) is 6.42 Å². The van der Waals surface area contributed by atoms with E-state index in [4.69, 9.17) is 5.73 Å². The lowest BCUT2D eigenvalue weighted by atomic mass is 10.1. The highest BCUT2D eigenvalue weighted by molar-refractivity contribution is 9.10. The Bertz CT molecular complexity index is 575. The lowest BCUT2D eigenvalue weighted by Gasteiger charge is -2.12. The number of rotatable bonds is 4. The minimum atomic E-state index is -0.235. The van der Waals surface area contributed by atoms with Crippen LogP contribution >= 0.6 is 27.7 Å². The van der Waals surface area contributed by atoms with E-state index in [-0.39, 0.29) is 11.9 Å². The van der Waals surface area contributed by atoms with E-state index in [9.17, 15) is 4.39 Å². The molecule has 1 heterocycles. The predicted octanol–water partition coefficient (Wildman–Crippen LogP) is 4.02. The van der Waals surface area contributed by atoms with Gasteiger partial charge in [0, 0.05) is 12.2 Å². The molecule has 0 saturated heterocycles. The minimum absolute atomic E-state index is 0.00618. The number of hydrogen-bond acceptors (Lipinski definition) is 3. The Balaban J connectivity index is 2.36. The fourth-order valence-electron chi connectivity index (χ4n) is 1.72. The van der Waals surface area contributed by atoms with Crippen molar-refractivity contribution in [2.75, 3.05) is 0 Å². The van der Waals surface area contributed by atoms with Gasteiger partial charge in [-0.2, -0.15) is 0 Å². The molecule has 0 aliphatic carbocycles.